The summed E-state index contributed by atoms with van der Waals surface area (Å²) in [7, 11) is 0. The van der Waals surface area contributed by atoms with Gasteiger partial charge in [-0.3, -0.25) is 9.69 Å². The quantitative estimate of drug-likeness (QED) is 0.236. The number of amides is 1. The number of ether oxygens (including phenoxy) is 1. The first kappa shape index (κ1) is 28.0. The number of carbonyl (C=O) groups is 2. The highest BCUT2D eigenvalue weighted by molar-refractivity contribution is 7.21. The van der Waals surface area contributed by atoms with Crippen LogP contribution in [0.25, 0.3) is 10.1 Å². The highest BCUT2D eigenvalue weighted by Gasteiger charge is 2.76. The molecule has 7 aliphatic rings. The van der Waals surface area contributed by atoms with E-state index in [0.717, 1.165) is 64.6 Å². The third kappa shape index (κ3) is 3.48. The Bertz CT molecular complexity index is 1780. The molecule has 0 radical (unpaired) electrons. The van der Waals surface area contributed by atoms with Crippen LogP contribution in [0.5, 0.6) is 0 Å². The molecule has 1 aromatic heterocycles. The molecule has 8 atom stereocenters. The Balaban J connectivity index is 1.16. The number of fused-ring (bicyclic) bond motifs is 3. The van der Waals surface area contributed by atoms with Gasteiger partial charge in [0.2, 0.25) is 0 Å². The number of Topliss-reactive ketones (excluding diaryl/α,β-unsaturated/α-hetero) is 1. The Kier molecular flexibility index (Phi) is 5.73. The summed E-state index contributed by atoms with van der Waals surface area (Å²) in [5.74, 6) is 0.619. The zero-order chi connectivity index (χ0) is 30.8. The lowest BCUT2D eigenvalue weighted by Gasteiger charge is -2.71. The fraction of sp³-hybridized carbons (Fsp3) is 0.487. The predicted octanol–water partition coefficient (Wildman–Crippen LogP) is 8.34. The third-order valence-electron chi connectivity index (χ3n) is 13.8. The lowest BCUT2D eigenvalue weighted by Crippen LogP contribution is -2.67. The number of hydrogen-bond donors (Lipinski definition) is 1. The van der Waals surface area contributed by atoms with Gasteiger partial charge in [0.05, 0.1) is 17.5 Å². The summed E-state index contributed by atoms with van der Waals surface area (Å²) in [5, 5.41) is 12.1. The van der Waals surface area contributed by atoms with Gasteiger partial charge in [0, 0.05) is 33.1 Å². The molecule has 1 amide bonds. The average molecular weight is 620 g/mol. The van der Waals surface area contributed by atoms with Gasteiger partial charge in [0.25, 0.3) is 0 Å². The Morgan fingerprint density at radius 2 is 1.69 bits per heavy atom. The van der Waals surface area contributed by atoms with Gasteiger partial charge in [-0.05, 0) is 85.3 Å². The number of rotatable bonds is 4. The summed E-state index contributed by atoms with van der Waals surface area (Å²) in [5.41, 5.74) is 0.421. The molecule has 1 saturated heterocycles. The predicted molar refractivity (Wildman–Crippen MR) is 176 cm³/mol. The largest absolute Gasteiger partial charge is 0.440 e. The standard InChI is InChI=1S/C39H41NO4S/c1-35-15-12-27(41)21-37(35)18-19-39(28(22-37)33(42)30-20-26-10-6-7-11-29(26)45-30)31(35)13-16-36(2)32(39)14-17-38(36)24-40(34(43)44-38)23-25-8-4-3-5-9-25/h3-11,18-20,22,27,31-32,41H,12-17,21,23-24H2,1-2H3/t27-,31+,32+,35+,36-,37-,38+,39+/m0/s1. The number of benzene rings is 2. The summed E-state index contributed by atoms with van der Waals surface area (Å²) < 4.78 is 7.67. The van der Waals surface area contributed by atoms with Crippen molar-refractivity contribution in [2.45, 2.75) is 77.0 Å². The molecule has 10 rings (SSSR count). The Labute approximate surface area is 269 Å². The van der Waals surface area contributed by atoms with E-state index in [-0.39, 0.29) is 40.1 Å². The Hall–Kier alpha value is -3.22. The molecular formula is C39H41NO4S. The fourth-order valence-corrected chi connectivity index (χ4v) is 12.6. The monoisotopic (exact) mass is 619 g/mol. The molecule has 2 bridgehead atoms. The molecule has 3 spiro atoms. The molecule has 0 unspecified atom stereocenters. The topological polar surface area (TPSA) is 66.8 Å². The summed E-state index contributed by atoms with van der Waals surface area (Å²) >= 11 is 1.59. The van der Waals surface area contributed by atoms with Crippen LogP contribution in [0.4, 0.5) is 4.79 Å². The second-order valence-electron chi connectivity index (χ2n) is 15.5. The molecule has 2 aromatic carbocycles. The molecule has 1 aliphatic heterocycles. The van der Waals surface area contributed by atoms with Crippen molar-refractivity contribution >= 4 is 33.3 Å². The van der Waals surface area contributed by atoms with E-state index in [2.05, 4.69) is 62.4 Å². The smallest absolute Gasteiger partial charge is 0.410 e. The van der Waals surface area contributed by atoms with Crippen molar-refractivity contribution < 1.29 is 19.4 Å². The van der Waals surface area contributed by atoms with Gasteiger partial charge < -0.3 is 9.84 Å². The number of aliphatic hydroxyl groups excluding tert-OH is 1. The van der Waals surface area contributed by atoms with Crippen LogP contribution in [0, 0.1) is 33.5 Å². The van der Waals surface area contributed by atoms with Crippen LogP contribution in [0.15, 0.2) is 84.5 Å². The zero-order valence-electron chi connectivity index (χ0n) is 26.1. The summed E-state index contributed by atoms with van der Waals surface area (Å²) in [6, 6.07) is 20.5. The van der Waals surface area contributed by atoms with Crippen LogP contribution in [0.2, 0.25) is 0 Å². The highest BCUT2D eigenvalue weighted by atomic mass is 32.1. The number of hydrogen-bond acceptors (Lipinski definition) is 5. The molecule has 3 aromatic rings. The molecule has 232 valence electrons. The lowest BCUT2D eigenvalue weighted by molar-refractivity contribution is -0.164. The third-order valence-corrected chi connectivity index (χ3v) is 14.9. The van der Waals surface area contributed by atoms with E-state index in [1.165, 1.54) is 0 Å². The van der Waals surface area contributed by atoms with Gasteiger partial charge in [0.15, 0.2) is 5.78 Å². The van der Waals surface area contributed by atoms with E-state index in [1.54, 1.807) is 11.3 Å². The maximum Gasteiger partial charge on any atom is 0.410 e. The minimum absolute atomic E-state index is 0.0340. The van der Waals surface area contributed by atoms with E-state index in [4.69, 9.17) is 4.74 Å². The minimum Gasteiger partial charge on any atom is -0.440 e. The molecular weight excluding hydrogens is 578 g/mol. The van der Waals surface area contributed by atoms with E-state index in [0.29, 0.717) is 25.4 Å². The maximum absolute atomic E-state index is 14.9. The molecule has 5 nitrogen and oxygen atoms in total. The number of thiophene rings is 1. The van der Waals surface area contributed by atoms with Gasteiger partial charge in [-0.2, -0.15) is 0 Å². The van der Waals surface area contributed by atoms with E-state index < -0.39 is 11.0 Å². The van der Waals surface area contributed by atoms with Crippen LogP contribution in [-0.2, 0) is 11.3 Å². The Morgan fingerprint density at radius 3 is 2.51 bits per heavy atom. The van der Waals surface area contributed by atoms with Crippen molar-refractivity contribution in [3.63, 3.8) is 0 Å². The minimum atomic E-state index is -0.571. The van der Waals surface area contributed by atoms with E-state index >= 15 is 0 Å². The van der Waals surface area contributed by atoms with Crippen molar-refractivity contribution in [3.05, 3.63) is 94.9 Å². The molecule has 45 heavy (non-hydrogen) atoms. The SMILES string of the molecule is C[C@]12CC[C@H]3[C@]4(C=C[C@@]5(C=C4C(=O)c4cc6ccccc6s4)C[C@@H](O)CC[C@]35C)[C@@H]1CC[C@@]21CN(Cc2ccccc2)C(=O)O1. The molecule has 6 heteroatoms. The lowest BCUT2D eigenvalue weighted by atomic mass is 9.32. The second-order valence-corrected chi connectivity index (χ2v) is 16.5. The van der Waals surface area contributed by atoms with Crippen LogP contribution in [-0.4, -0.2) is 40.1 Å². The van der Waals surface area contributed by atoms with Crippen molar-refractivity contribution in [2.24, 2.45) is 33.5 Å². The fourth-order valence-electron chi connectivity index (χ4n) is 11.5. The van der Waals surface area contributed by atoms with Gasteiger partial charge in [-0.25, -0.2) is 4.79 Å². The first-order chi connectivity index (χ1) is 21.6. The molecule has 6 aliphatic carbocycles. The zero-order valence-corrected chi connectivity index (χ0v) is 26.9. The number of nitrogens with zero attached hydrogens (tertiary/aromatic N) is 1. The first-order valence-electron chi connectivity index (χ1n) is 16.8. The number of carbonyl (C=O) groups excluding carboxylic acids is 2. The van der Waals surface area contributed by atoms with Crippen molar-refractivity contribution in [1.82, 2.24) is 4.90 Å². The normalized spacial score (nSPS) is 41.1. The molecule has 1 N–H and O–H groups in total. The first-order valence-corrected chi connectivity index (χ1v) is 17.6. The number of ketones is 1. The van der Waals surface area contributed by atoms with Crippen molar-refractivity contribution in [1.29, 1.82) is 0 Å². The van der Waals surface area contributed by atoms with Gasteiger partial charge >= 0.3 is 6.09 Å². The second kappa shape index (κ2) is 9.19. The van der Waals surface area contributed by atoms with Crippen LogP contribution >= 0.6 is 11.3 Å². The maximum atomic E-state index is 14.9. The van der Waals surface area contributed by atoms with Crippen molar-refractivity contribution in [2.75, 3.05) is 6.54 Å². The summed E-state index contributed by atoms with van der Waals surface area (Å²) in [6.07, 6.45) is 12.7. The van der Waals surface area contributed by atoms with Gasteiger partial charge in [0.1, 0.15) is 5.60 Å². The molecule has 2 heterocycles. The Morgan fingerprint density at radius 1 is 0.956 bits per heavy atom. The van der Waals surface area contributed by atoms with E-state index in [1.807, 2.05) is 35.2 Å². The highest BCUT2D eigenvalue weighted by Crippen LogP contribution is 2.79. The molecule has 4 fully saturated rings. The van der Waals surface area contributed by atoms with E-state index in [9.17, 15) is 14.7 Å². The number of aliphatic hydroxyl groups is 1. The number of allylic oxidation sites excluding steroid dienone is 4. The van der Waals surface area contributed by atoms with Gasteiger partial charge in [-0.15, -0.1) is 11.3 Å². The van der Waals surface area contributed by atoms with Crippen molar-refractivity contribution in [3.8, 4) is 0 Å². The van der Waals surface area contributed by atoms with Gasteiger partial charge in [-0.1, -0.05) is 80.6 Å². The summed E-state index contributed by atoms with van der Waals surface area (Å²) in [6.45, 7) is 5.96. The van der Waals surface area contributed by atoms with Crippen LogP contribution in [0.1, 0.15) is 74.0 Å². The molecule has 3 saturated carbocycles. The van der Waals surface area contributed by atoms with Crippen LogP contribution < -0.4 is 0 Å². The summed E-state index contributed by atoms with van der Waals surface area (Å²) in [4.78, 5) is 31.1. The average Bonchev–Trinajstić information content (AvgIpc) is 3.70. The van der Waals surface area contributed by atoms with Crippen LogP contribution in [0.3, 0.4) is 0 Å².